The van der Waals surface area contributed by atoms with Crippen molar-refractivity contribution in [1.29, 1.82) is 0 Å². The quantitative estimate of drug-likeness (QED) is 0.663. The van der Waals surface area contributed by atoms with E-state index in [0.717, 1.165) is 43.6 Å². The van der Waals surface area contributed by atoms with E-state index in [2.05, 4.69) is 10.2 Å². The molecule has 0 radical (unpaired) electrons. The molecule has 0 aromatic heterocycles. The maximum absolute atomic E-state index is 12.8. The molecule has 0 spiro atoms. The number of amides is 1. The number of carbonyl (C=O) groups is 1. The minimum atomic E-state index is -0.0455. The van der Waals surface area contributed by atoms with Crippen LogP contribution in [0.2, 0.25) is 15.1 Å². The lowest BCUT2D eigenvalue weighted by molar-refractivity contribution is -0.127. The zero-order valence-electron chi connectivity index (χ0n) is 15.2. The van der Waals surface area contributed by atoms with Crippen LogP contribution in [0.5, 0.6) is 0 Å². The van der Waals surface area contributed by atoms with E-state index in [-0.39, 0.29) is 17.9 Å². The van der Waals surface area contributed by atoms with Crippen LogP contribution in [0, 0.1) is 5.92 Å². The number of halogens is 3. The lowest BCUT2D eigenvalue weighted by atomic mass is 9.96. The third-order valence-electron chi connectivity index (χ3n) is 5.01. The Morgan fingerprint density at radius 3 is 2.56 bits per heavy atom. The van der Waals surface area contributed by atoms with Gasteiger partial charge in [0.25, 0.3) is 0 Å². The second kappa shape index (κ2) is 9.29. The molecule has 0 saturated carbocycles. The number of likely N-dealkylation sites (tertiary alicyclic amines) is 1. The first-order valence-electron chi connectivity index (χ1n) is 9.14. The van der Waals surface area contributed by atoms with Gasteiger partial charge in [0.15, 0.2) is 0 Å². The van der Waals surface area contributed by atoms with Crippen LogP contribution in [-0.4, -0.2) is 23.9 Å². The second-order valence-corrected chi connectivity index (χ2v) is 8.37. The topological polar surface area (TPSA) is 32.3 Å². The first kappa shape index (κ1) is 20.5. The number of benzene rings is 2. The Hall–Kier alpha value is -1.26. The summed E-state index contributed by atoms with van der Waals surface area (Å²) in [4.78, 5) is 15.0. The molecule has 1 aliphatic heterocycles. The van der Waals surface area contributed by atoms with Gasteiger partial charge in [-0.2, -0.15) is 0 Å². The Bertz CT molecular complexity index is 795. The Morgan fingerprint density at radius 2 is 1.85 bits per heavy atom. The van der Waals surface area contributed by atoms with Gasteiger partial charge in [0.05, 0.1) is 12.0 Å². The van der Waals surface area contributed by atoms with Gasteiger partial charge < -0.3 is 5.32 Å². The summed E-state index contributed by atoms with van der Waals surface area (Å²) in [5, 5.41) is 5.14. The molecule has 1 saturated heterocycles. The minimum Gasteiger partial charge on any atom is -0.349 e. The zero-order chi connectivity index (χ0) is 19.4. The van der Waals surface area contributed by atoms with E-state index in [9.17, 15) is 4.79 Å². The predicted molar refractivity (Wildman–Crippen MR) is 112 cm³/mol. The van der Waals surface area contributed by atoms with Crippen molar-refractivity contribution < 1.29 is 4.79 Å². The highest BCUT2D eigenvalue weighted by atomic mass is 35.5. The van der Waals surface area contributed by atoms with Gasteiger partial charge in [0.2, 0.25) is 5.91 Å². The van der Waals surface area contributed by atoms with Gasteiger partial charge in [0, 0.05) is 28.2 Å². The number of piperidine rings is 1. The number of rotatable bonds is 5. The molecule has 0 unspecified atom stereocenters. The molecule has 27 heavy (non-hydrogen) atoms. The normalized spacial score (nSPS) is 18.9. The smallest absolute Gasteiger partial charge is 0.224 e. The summed E-state index contributed by atoms with van der Waals surface area (Å²) in [5.74, 6) is 0.0870. The molecule has 2 aromatic rings. The summed E-state index contributed by atoms with van der Waals surface area (Å²) < 4.78 is 0. The minimum absolute atomic E-state index is 0.0143. The molecule has 6 heteroatoms. The summed E-state index contributed by atoms with van der Waals surface area (Å²) >= 11 is 18.2. The highest BCUT2D eigenvalue weighted by molar-refractivity contribution is 6.35. The maximum atomic E-state index is 12.8. The third kappa shape index (κ3) is 5.61. The Kier molecular flexibility index (Phi) is 7.04. The van der Waals surface area contributed by atoms with Crippen molar-refractivity contribution in [2.24, 2.45) is 5.92 Å². The van der Waals surface area contributed by atoms with Gasteiger partial charge in [-0.25, -0.2) is 0 Å². The molecule has 1 heterocycles. The second-order valence-electron chi connectivity index (χ2n) is 7.09. The summed E-state index contributed by atoms with van der Waals surface area (Å²) in [6.07, 6.45) is 1.91. The molecular formula is C21H23Cl3N2O. The summed E-state index contributed by atoms with van der Waals surface area (Å²) in [5.41, 5.74) is 2.09. The van der Waals surface area contributed by atoms with E-state index in [0.29, 0.717) is 15.1 Å². The first-order chi connectivity index (χ1) is 12.9. The molecule has 3 nitrogen and oxygen atoms in total. The van der Waals surface area contributed by atoms with Crippen LogP contribution in [0.4, 0.5) is 0 Å². The molecule has 2 aromatic carbocycles. The zero-order valence-corrected chi connectivity index (χ0v) is 17.5. The van der Waals surface area contributed by atoms with Gasteiger partial charge in [-0.3, -0.25) is 9.69 Å². The molecule has 0 bridgehead atoms. The molecule has 1 amide bonds. The average molecular weight is 426 g/mol. The van der Waals surface area contributed by atoms with Gasteiger partial charge in [-0.05, 0) is 61.7 Å². The largest absolute Gasteiger partial charge is 0.349 e. The van der Waals surface area contributed by atoms with Crippen molar-refractivity contribution >= 4 is 40.7 Å². The molecule has 3 rings (SSSR count). The van der Waals surface area contributed by atoms with Crippen LogP contribution in [-0.2, 0) is 11.3 Å². The van der Waals surface area contributed by atoms with Crippen molar-refractivity contribution in [3.8, 4) is 0 Å². The molecule has 1 fully saturated rings. The van der Waals surface area contributed by atoms with Crippen LogP contribution in [0.1, 0.15) is 36.9 Å². The molecule has 1 N–H and O–H groups in total. The monoisotopic (exact) mass is 424 g/mol. The van der Waals surface area contributed by atoms with Gasteiger partial charge >= 0.3 is 0 Å². The standard InChI is InChI=1S/C21H23Cl3N2O/c1-14(15-4-7-18(22)8-5-15)25-21(27)17-3-2-10-26(13-17)12-16-6-9-19(23)11-20(16)24/h4-9,11,14,17H,2-3,10,12-13H2,1H3,(H,25,27)/t14-,17-/m0/s1. The van der Waals surface area contributed by atoms with Crippen LogP contribution in [0.25, 0.3) is 0 Å². The summed E-state index contributed by atoms with van der Waals surface area (Å²) in [7, 11) is 0. The van der Waals surface area contributed by atoms with Crippen LogP contribution in [0.15, 0.2) is 42.5 Å². The fourth-order valence-corrected chi connectivity index (χ4v) is 4.06. The van der Waals surface area contributed by atoms with Crippen molar-refractivity contribution in [3.63, 3.8) is 0 Å². The van der Waals surface area contributed by atoms with E-state index in [1.165, 1.54) is 0 Å². The first-order valence-corrected chi connectivity index (χ1v) is 10.3. The maximum Gasteiger partial charge on any atom is 0.224 e. The van der Waals surface area contributed by atoms with Crippen LogP contribution >= 0.6 is 34.8 Å². The SMILES string of the molecule is C[C@H](NC(=O)[C@H]1CCCN(Cc2ccc(Cl)cc2Cl)C1)c1ccc(Cl)cc1. The predicted octanol–water partition coefficient (Wildman–Crippen LogP) is 5.74. The van der Waals surface area contributed by atoms with Crippen molar-refractivity contribution in [1.82, 2.24) is 10.2 Å². The fraction of sp³-hybridized carbons (Fsp3) is 0.381. The highest BCUT2D eigenvalue weighted by Gasteiger charge is 2.27. The number of hydrogen-bond acceptors (Lipinski definition) is 2. The van der Waals surface area contributed by atoms with E-state index in [1.807, 2.05) is 43.3 Å². The lowest BCUT2D eigenvalue weighted by Gasteiger charge is -2.32. The van der Waals surface area contributed by atoms with E-state index in [4.69, 9.17) is 34.8 Å². The van der Waals surface area contributed by atoms with Crippen LogP contribution in [0.3, 0.4) is 0 Å². The Labute approximate surface area is 175 Å². The number of nitrogens with one attached hydrogen (secondary N) is 1. The van der Waals surface area contributed by atoms with Gasteiger partial charge in [-0.1, -0.05) is 53.0 Å². The summed E-state index contributed by atoms with van der Waals surface area (Å²) in [6.45, 7) is 4.43. The Morgan fingerprint density at radius 1 is 1.15 bits per heavy atom. The molecule has 144 valence electrons. The van der Waals surface area contributed by atoms with Gasteiger partial charge in [0.1, 0.15) is 0 Å². The van der Waals surface area contributed by atoms with Crippen molar-refractivity contribution in [2.75, 3.05) is 13.1 Å². The number of nitrogens with zero attached hydrogens (tertiary/aromatic N) is 1. The van der Waals surface area contributed by atoms with Crippen molar-refractivity contribution in [3.05, 3.63) is 68.7 Å². The third-order valence-corrected chi connectivity index (χ3v) is 5.85. The fourth-order valence-electron chi connectivity index (χ4n) is 3.47. The number of hydrogen-bond donors (Lipinski definition) is 1. The van der Waals surface area contributed by atoms with E-state index < -0.39 is 0 Å². The Balaban J connectivity index is 1.58. The van der Waals surface area contributed by atoms with E-state index in [1.54, 1.807) is 6.07 Å². The number of carbonyl (C=O) groups excluding carboxylic acids is 1. The van der Waals surface area contributed by atoms with E-state index >= 15 is 0 Å². The molecule has 2 atom stereocenters. The van der Waals surface area contributed by atoms with Crippen molar-refractivity contribution in [2.45, 2.75) is 32.4 Å². The highest BCUT2D eigenvalue weighted by Crippen LogP contribution is 2.25. The van der Waals surface area contributed by atoms with Gasteiger partial charge in [-0.15, -0.1) is 0 Å². The molecule has 1 aliphatic rings. The summed E-state index contributed by atoms with van der Waals surface area (Å²) in [6, 6.07) is 13.1. The lowest BCUT2D eigenvalue weighted by Crippen LogP contribution is -2.43. The average Bonchev–Trinajstić information content (AvgIpc) is 2.65. The van der Waals surface area contributed by atoms with Crippen LogP contribution < -0.4 is 5.32 Å². The molecular weight excluding hydrogens is 403 g/mol. The molecule has 0 aliphatic carbocycles.